The highest BCUT2D eigenvalue weighted by Gasteiger charge is 2.38. The lowest BCUT2D eigenvalue weighted by Crippen LogP contribution is -2.38. The fourth-order valence-electron chi connectivity index (χ4n) is 4.38. The number of methoxy groups -OCH3 is 1. The van der Waals surface area contributed by atoms with Crippen LogP contribution < -0.4 is 15.4 Å². The van der Waals surface area contributed by atoms with Gasteiger partial charge in [0.05, 0.1) is 12.7 Å². The van der Waals surface area contributed by atoms with E-state index in [0.29, 0.717) is 22.6 Å². The van der Waals surface area contributed by atoms with Gasteiger partial charge in [0.1, 0.15) is 11.2 Å². The van der Waals surface area contributed by atoms with Crippen LogP contribution in [0.15, 0.2) is 16.6 Å². The van der Waals surface area contributed by atoms with Crippen molar-refractivity contribution in [1.29, 1.82) is 0 Å². The van der Waals surface area contributed by atoms with E-state index in [2.05, 4.69) is 47.3 Å². The lowest BCUT2D eigenvalue weighted by molar-refractivity contribution is 0.0934. The number of fused-ring (bicyclic) bond motifs is 3. The Labute approximate surface area is 184 Å². The van der Waals surface area contributed by atoms with Gasteiger partial charge < -0.3 is 20.5 Å². The minimum absolute atomic E-state index is 0.0306. The molecule has 156 valence electrons. The molecule has 2 heterocycles. The van der Waals surface area contributed by atoms with Crippen LogP contribution in [0.1, 0.15) is 66.1 Å². The summed E-state index contributed by atoms with van der Waals surface area (Å²) in [6, 6.07) is 3.50. The average molecular weight is 479 g/mol. The van der Waals surface area contributed by atoms with Gasteiger partial charge in [-0.05, 0) is 48.3 Å². The van der Waals surface area contributed by atoms with Crippen LogP contribution in [-0.4, -0.2) is 18.1 Å². The van der Waals surface area contributed by atoms with E-state index in [4.69, 9.17) is 4.74 Å². The van der Waals surface area contributed by atoms with Crippen LogP contribution in [-0.2, 0) is 12.8 Å². The normalized spacial score (nSPS) is 21.1. The van der Waals surface area contributed by atoms with E-state index in [1.165, 1.54) is 17.6 Å². The number of thiophene rings is 1. The Morgan fingerprint density at radius 2 is 2.10 bits per heavy atom. The number of phenolic OH excluding ortho intramolecular Hbond substituents is 1. The van der Waals surface area contributed by atoms with Gasteiger partial charge >= 0.3 is 0 Å². The Balaban J connectivity index is 1.67. The zero-order valence-corrected chi connectivity index (χ0v) is 19.6. The van der Waals surface area contributed by atoms with Crippen molar-refractivity contribution in [2.24, 2.45) is 11.3 Å². The quantitative estimate of drug-likeness (QED) is 0.533. The third kappa shape index (κ3) is 3.52. The highest BCUT2D eigenvalue weighted by molar-refractivity contribution is 9.10. The maximum Gasteiger partial charge on any atom is 0.256 e. The molecular weight excluding hydrogens is 452 g/mol. The van der Waals surface area contributed by atoms with Gasteiger partial charge in [-0.15, -0.1) is 11.3 Å². The molecule has 4 rings (SSSR count). The van der Waals surface area contributed by atoms with Crippen molar-refractivity contribution in [1.82, 2.24) is 5.32 Å². The Morgan fingerprint density at radius 1 is 1.34 bits per heavy atom. The van der Waals surface area contributed by atoms with Gasteiger partial charge in [-0.3, -0.25) is 4.79 Å². The van der Waals surface area contributed by atoms with Gasteiger partial charge in [0, 0.05) is 14.9 Å². The van der Waals surface area contributed by atoms with E-state index in [-0.39, 0.29) is 11.7 Å². The predicted octanol–water partition coefficient (Wildman–Crippen LogP) is 5.62. The number of anilines is 1. The van der Waals surface area contributed by atoms with E-state index in [0.717, 1.165) is 40.7 Å². The highest BCUT2D eigenvalue weighted by atomic mass is 79.9. The molecule has 0 fully saturated rings. The van der Waals surface area contributed by atoms with Gasteiger partial charge in [0.15, 0.2) is 11.5 Å². The Kier molecular flexibility index (Phi) is 5.32. The van der Waals surface area contributed by atoms with E-state index in [9.17, 15) is 9.90 Å². The second kappa shape index (κ2) is 7.51. The van der Waals surface area contributed by atoms with E-state index in [1.54, 1.807) is 23.5 Å². The Bertz CT molecular complexity index is 969. The molecular formula is C22H27BrN2O3S. The molecule has 0 unspecified atom stereocenters. The molecule has 1 aromatic carbocycles. The Morgan fingerprint density at radius 3 is 2.79 bits per heavy atom. The molecule has 0 saturated carbocycles. The SMILES string of the molecule is CCC(C)(C)[C@H]1CCc2c(sc3c2C(=O)N[C@H](c2cc(Br)cc(OC)c2O)N3)C1. The number of ether oxygens (including phenoxy) is 1. The predicted molar refractivity (Wildman–Crippen MR) is 120 cm³/mol. The lowest BCUT2D eigenvalue weighted by Gasteiger charge is -2.36. The van der Waals surface area contributed by atoms with Crippen LogP contribution in [0.5, 0.6) is 11.5 Å². The second-order valence-corrected chi connectivity index (χ2v) is 10.6. The number of amides is 1. The van der Waals surface area contributed by atoms with Gasteiger partial charge in [0.25, 0.3) is 5.91 Å². The van der Waals surface area contributed by atoms with E-state index < -0.39 is 6.17 Å². The van der Waals surface area contributed by atoms with Crippen molar-refractivity contribution in [3.63, 3.8) is 0 Å². The first-order chi connectivity index (χ1) is 13.7. The van der Waals surface area contributed by atoms with Gasteiger partial charge in [0.2, 0.25) is 0 Å². The standard InChI is InChI=1S/C22H27BrN2O3S/c1-5-22(2,3)11-6-7-13-16(8-11)29-21-17(13)20(27)24-19(25-21)14-9-12(23)10-15(28-4)18(14)26/h9-11,19,25-26H,5-8H2,1-4H3,(H,24,27)/t11-,19-/m0/s1. The maximum absolute atomic E-state index is 13.0. The second-order valence-electron chi connectivity index (χ2n) is 8.59. The molecule has 1 aromatic heterocycles. The summed E-state index contributed by atoms with van der Waals surface area (Å²) in [6.07, 6.45) is 3.75. The van der Waals surface area contributed by atoms with Crippen molar-refractivity contribution in [3.8, 4) is 11.5 Å². The summed E-state index contributed by atoms with van der Waals surface area (Å²) in [4.78, 5) is 14.3. The minimum atomic E-state index is -0.510. The molecule has 1 aliphatic carbocycles. The zero-order chi connectivity index (χ0) is 20.9. The molecule has 5 nitrogen and oxygen atoms in total. The summed E-state index contributed by atoms with van der Waals surface area (Å²) >= 11 is 5.14. The van der Waals surface area contributed by atoms with E-state index in [1.807, 2.05) is 0 Å². The number of phenols is 1. The van der Waals surface area contributed by atoms with Gasteiger partial charge in [-0.25, -0.2) is 0 Å². The molecule has 0 bridgehead atoms. The molecule has 0 radical (unpaired) electrons. The fourth-order valence-corrected chi connectivity index (χ4v) is 6.19. The minimum Gasteiger partial charge on any atom is -0.504 e. The summed E-state index contributed by atoms with van der Waals surface area (Å²) in [6.45, 7) is 6.95. The molecule has 2 aliphatic rings. The van der Waals surface area contributed by atoms with Crippen LogP contribution >= 0.6 is 27.3 Å². The van der Waals surface area contributed by atoms with Gasteiger partial charge in [-0.1, -0.05) is 43.1 Å². The third-order valence-electron chi connectivity index (χ3n) is 6.66. The topological polar surface area (TPSA) is 70.6 Å². The van der Waals surface area contributed by atoms with Crippen molar-refractivity contribution >= 4 is 38.2 Å². The molecule has 2 aromatic rings. The summed E-state index contributed by atoms with van der Waals surface area (Å²) in [7, 11) is 1.51. The van der Waals surface area contributed by atoms with Gasteiger partial charge in [-0.2, -0.15) is 0 Å². The number of carbonyl (C=O) groups excluding carboxylic acids is 1. The maximum atomic E-state index is 13.0. The van der Waals surface area contributed by atoms with Crippen LogP contribution in [0.25, 0.3) is 0 Å². The lowest BCUT2D eigenvalue weighted by atomic mass is 9.69. The molecule has 0 saturated heterocycles. The van der Waals surface area contributed by atoms with Crippen LogP contribution in [0.3, 0.4) is 0 Å². The Hall–Kier alpha value is -1.73. The summed E-state index contributed by atoms with van der Waals surface area (Å²) in [5, 5.41) is 17.9. The number of carbonyl (C=O) groups is 1. The first-order valence-electron chi connectivity index (χ1n) is 10.0. The summed E-state index contributed by atoms with van der Waals surface area (Å²) in [5.41, 5.74) is 2.87. The first-order valence-corrected chi connectivity index (χ1v) is 11.6. The monoisotopic (exact) mass is 478 g/mol. The number of hydrogen-bond acceptors (Lipinski definition) is 5. The number of benzene rings is 1. The molecule has 2 atom stereocenters. The largest absolute Gasteiger partial charge is 0.504 e. The van der Waals surface area contributed by atoms with Crippen molar-refractivity contribution < 1.29 is 14.6 Å². The smallest absolute Gasteiger partial charge is 0.256 e. The number of aromatic hydroxyl groups is 1. The molecule has 0 spiro atoms. The van der Waals surface area contributed by atoms with E-state index >= 15 is 0 Å². The van der Waals surface area contributed by atoms with Crippen LogP contribution in [0.2, 0.25) is 0 Å². The molecule has 3 N–H and O–H groups in total. The number of nitrogens with one attached hydrogen (secondary N) is 2. The van der Waals surface area contributed by atoms with Crippen molar-refractivity contribution in [3.05, 3.63) is 38.2 Å². The average Bonchev–Trinajstić information content (AvgIpc) is 3.07. The first kappa shape index (κ1) is 20.5. The van der Waals surface area contributed by atoms with Crippen molar-refractivity contribution in [2.75, 3.05) is 12.4 Å². The van der Waals surface area contributed by atoms with Crippen LogP contribution in [0.4, 0.5) is 5.00 Å². The number of rotatable bonds is 4. The number of halogens is 1. The molecule has 1 amide bonds. The molecule has 29 heavy (non-hydrogen) atoms. The number of hydrogen-bond donors (Lipinski definition) is 3. The molecule has 1 aliphatic heterocycles. The third-order valence-corrected chi connectivity index (χ3v) is 8.30. The zero-order valence-electron chi connectivity index (χ0n) is 17.2. The van der Waals surface area contributed by atoms with Crippen LogP contribution in [0, 0.1) is 11.3 Å². The summed E-state index contributed by atoms with van der Waals surface area (Å²) in [5.74, 6) is 0.958. The highest BCUT2D eigenvalue weighted by Crippen LogP contribution is 2.48. The molecule has 7 heteroatoms. The summed E-state index contributed by atoms with van der Waals surface area (Å²) < 4.78 is 6.03. The fraction of sp³-hybridized carbons (Fsp3) is 0.500. The van der Waals surface area contributed by atoms with Crippen molar-refractivity contribution in [2.45, 2.75) is 52.6 Å².